The molecule has 4 heteroatoms. The summed E-state index contributed by atoms with van der Waals surface area (Å²) in [5.41, 5.74) is 2.27. The summed E-state index contributed by atoms with van der Waals surface area (Å²) in [5.74, 6) is 1.91. The van der Waals surface area contributed by atoms with Gasteiger partial charge in [-0.3, -0.25) is 0 Å². The molecule has 0 spiro atoms. The van der Waals surface area contributed by atoms with Gasteiger partial charge >= 0.3 is 0 Å². The van der Waals surface area contributed by atoms with Crippen molar-refractivity contribution in [2.24, 2.45) is 5.92 Å². The Morgan fingerprint density at radius 1 is 1.41 bits per heavy atom. The molecule has 1 aromatic rings. The maximum absolute atomic E-state index is 5.53. The third-order valence-corrected chi connectivity index (χ3v) is 3.63. The molecule has 1 aromatic heterocycles. The van der Waals surface area contributed by atoms with E-state index in [2.05, 4.69) is 30.7 Å². The predicted octanol–water partition coefficient (Wildman–Crippen LogP) is 3.67. The first-order valence-corrected chi connectivity index (χ1v) is 6.59. The van der Waals surface area contributed by atoms with Gasteiger partial charge < -0.3 is 9.72 Å². The summed E-state index contributed by atoms with van der Waals surface area (Å²) >= 11 is 5.39. The zero-order valence-electron chi connectivity index (χ0n) is 10.9. The summed E-state index contributed by atoms with van der Waals surface area (Å²) in [7, 11) is 1.74. The van der Waals surface area contributed by atoms with Crippen LogP contribution in [0.3, 0.4) is 0 Å². The molecular formula is C13H20N2OS. The molecule has 2 rings (SSSR count). The minimum Gasteiger partial charge on any atom is -0.373 e. The number of aromatic amines is 1. The molecule has 0 saturated heterocycles. The van der Waals surface area contributed by atoms with Crippen LogP contribution < -0.4 is 0 Å². The molecule has 3 nitrogen and oxygen atoms in total. The Labute approximate surface area is 108 Å². The number of rotatable bonds is 4. The lowest BCUT2D eigenvalue weighted by molar-refractivity contribution is 0.0769. The van der Waals surface area contributed by atoms with Crippen molar-refractivity contribution in [3.63, 3.8) is 0 Å². The first kappa shape index (κ1) is 12.7. The van der Waals surface area contributed by atoms with Crippen LogP contribution in [-0.4, -0.2) is 17.1 Å². The molecular weight excluding hydrogens is 232 g/mol. The Kier molecular flexibility index (Phi) is 3.64. The zero-order chi connectivity index (χ0) is 12.6. The summed E-state index contributed by atoms with van der Waals surface area (Å²) in [5, 5.41) is 0. The van der Waals surface area contributed by atoms with Crippen molar-refractivity contribution >= 4 is 12.2 Å². The van der Waals surface area contributed by atoms with E-state index in [0.29, 0.717) is 16.5 Å². The van der Waals surface area contributed by atoms with Crippen molar-refractivity contribution in [3.05, 3.63) is 21.7 Å². The Morgan fingerprint density at radius 3 is 2.47 bits per heavy atom. The lowest BCUT2D eigenvalue weighted by atomic mass is 10.0. The van der Waals surface area contributed by atoms with Crippen LogP contribution in [0.1, 0.15) is 55.8 Å². The quantitative estimate of drug-likeness (QED) is 0.831. The Bertz CT molecular complexity index is 463. The highest BCUT2D eigenvalue weighted by Gasteiger charge is 2.34. The van der Waals surface area contributed by atoms with Gasteiger partial charge in [0.1, 0.15) is 16.6 Å². The number of hydrogen-bond donors (Lipinski definition) is 1. The topological polar surface area (TPSA) is 37.9 Å². The molecule has 0 aromatic carbocycles. The van der Waals surface area contributed by atoms with Gasteiger partial charge in [0.05, 0.1) is 0 Å². The van der Waals surface area contributed by atoms with E-state index >= 15 is 0 Å². The van der Waals surface area contributed by atoms with Crippen LogP contribution in [0.4, 0.5) is 0 Å². The van der Waals surface area contributed by atoms with Crippen LogP contribution in [0.15, 0.2) is 0 Å². The number of ether oxygens (including phenoxy) is 1. The summed E-state index contributed by atoms with van der Waals surface area (Å²) < 4.78 is 6.25. The van der Waals surface area contributed by atoms with E-state index in [4.69, 9.17) is 17.0 Å². The molecule has 1 unspecified atom stereocenters. The van der Waals surface area contributed by atoms with Crippen molar-refractivity contribution in [1.29, 1.82) is 0 Å². The number of aromatic nitrogens is 2. The van der Waals surface area contributed by atoms with Crippen molar-refractivity contribution in [1.82, 2.24) is 9.97 Å². The lowest BCUT2D eigenvalue weighted by Crippen LogP contribution is -2.12. The fourth-order valence-corrected chi connectivity index (χ4v) is 2.85. The number of aryl methyl sites for hydroxylation is 1. The summed E-state index contributed by atoms with van der Waals surface area (Å²) in [6, 6.07) is 0. The van der Waals surface area contributed by atoms with Gasteiger partial charge in [-0.1, -0.05) is 26.1 Å². The molecule has 0 radical (unpaired) electrons. The second-order valence-electron chi connectivity index (χ2n) is 5.11. The minimum absolute atomic E-state index is 0.0802. The standard InChI is InChI=1S/C13H20N2OS/c1-7(2)10-8(3)14-12(15-13(10)17)11(16-4)9-5-6-9/h7,9,11H,5-6H2,1-4H3,(H,14,15,17). The molecule has 1 atom stereocenters. The lowest BCUT2D eigenvalue weighted by Gasteiger charge is -2.17. The largest absolute Gasteiger partial charge is 0.373 e. The average Bonchev–Trinajstić information content (AvgIpc) is 3.01. The molecule has 17 heavy (non-hydrogen) atoms. The van der Waals surface area contributed by atoms with Crippen LogP contribution in [0, 0.1) is 17.5 Å². The molecule has 1 fully saturated rings. The highest BCUT2D eigenvalue weighted by molar-refractivity contribution is 7.71. The second kappa shape index (κ2) is 4.86. The van der Waals surface area contributed by atoms with Crippen molar-refractivity contribution in [2.45, 2.75) is 45.6 Å². The predicted molar refractivity (Wildman–Crippen MR) is 70.7 cm³/mol. The smallest absolute Gasteiger partial charge is 0.137 e. The highest BCUT2D eigenvalue weighted by Crippen LogP contribution is 2.42. The van der Waals surface area contributed by atoms with E-state index in [-0.39, 0.29) is 6.10 Å². The normalized spacial score (nSPS) is 17.5. The van der Waals surface area contributed by atoms with Crippen LogP contribution in [-0.2, 0) is 4.74 Å². The second-order valence-corrected chi connectivity index (χ2v) is 5.50. The van der Waals surface area contributed by atoms with Crippen molar-refractivity contribution < 1.29 is 4.74 Å². The van der Waals surface area contributed by atoms with E-state index in [1.54, 1.807) is 7.11 Å². The number of nitrogens with one attached hydrogen (secondary N) is 1. The van der Waals surface area contributed by atoms with E-state index < -0.39 is 0 Å². The number of methoxy groups -OCH3 is 1. The number of H-pyrrole nitrogens is 1. The summed E-state index contributed by atoms with van der Waals surface area (Å²) in [6.45, 7) is 6.35. The van der Waals surface area contributed by atoms with Gasteiger partial charge in [0.15, 0.2) is 0 Å². The molecule has 1 aliphatic carbocycles. The van der Waals surface area contributed by atoms with Gasteiger partial charge in [-0.2, -0.15) is 0 Å². The first-order valence-electron chi connectivity index (χ1n) is 6.18. The Morgan fingerprint density at radius 2 is 2.06 bits per heavy atom. The van der Waals surface area contributed by atoms with Crippen LogP contribution >= 0.6 is 12.2 Å². The average molecular weight is 252 g/mol. The van der Waals surface area contributed by atoms with E-state index in [1.807, 2.05) is 0 Å². The fourth-order valence-electron chi connectivity index (χ4n) is 2.36. The summed E-state index contributed by atoms with van der Waals surface area (Å²) in [4.78, 5) is 7.89. The van der Waals surface area contributed by atoms with Crippen LogP contribution in [0.2, 0.25) is 0 Å². The van der Waals surface area contributed by atoms with Gasteiger partial charge in [-0.15, -0.1) is 0 Å². The Balaban J connectivity index is 2.40. The van der Waals surface area contributed by atoms with Gasteiger partial charge in [0, 0.05) is 18.4 Å². The maximum atomic E-state index is 5.53. The minimum atomic E-state index is 0.0802. The van der Waals surface area contributed by atoms with Crippen molar-refractivity contribution in [2.75, 3.05) is 7.11 Å². The van der Waals surface area contributed by atoms with Gasteiger partial charge in [0.2, 0.25) is 0 Å². The van der Waals surface area contributed by atoms with Crippen LogP contribution in [0.5, 0.6) is 0 Å². The van der Waals surface area contributed by atoms with Crippen molar-refractivity contribution in [3.8, 4) is 0 Å². The van der Waals surface area contributed by atoms with Crippen LogP contribution in [0.25, 0.3) is 0 Å². The zero-order valence-corrected chi connectivity index (χ0v) is 11.7. The molecule has 0 bridgehead atoms. The van der Waals surface area contributed by atoms with E-state index in [1.165, 1.54) is 12.8 Å². The molecule has 1 saturated carbocycles. The third kappa shape index (κ3) is 2.58. The fraction of sp³-hybridized carbons (Fsp3) is 0.692. The summed E-state index contributed by atoms with van der Waals surface area (Å²) in [6.07, 6.45) is 2.54. The molecule has 0 amide bonds. The maximum Gasteiger partial charge on any atom is 0.137 e. The molecule has 1 aliphatic rings. The van der Waals surface area contributed by atoms with Gasteiger partial charge in [-0.25, -0.2) is 4.98 Å². The molecule has 1 heterocycles. The molecule has 0 aliphatic heterocycles. The third-order valence-electron chi connectivity index (χ3n) is 3.32. The van der Waals surface area contributed by atoms with E-state index in [9.17, 15) is 0 Å². The number of hydrogen-bond acceptors (Lipinski definition) is 3. The number of nitrogens with zero attached hydrogens (tertiary/aromatic N) is 1. The molecule has 1 N–H and O–H groups in total. The SMILES string of the molecule is COC(c1nc(=S)c(C(C)C)c(C)[nH]1)C1CC1. The highest BCUT2D eigenvalue weighted by atomic mass is 32.1. The molecule has 94 valence electrons. The Hall–Kier alpha value is -0.740. The monoisotopic (exact) mass is 252 g/mol. The first-order chi connectivity index (χ1) is 8.04. The van der Waals surface area contributed by atoms with E-state index in [0.717, 1.165) is 17.1 Å². The van der Waals surface area contributed by atoms with Gasteiger partial charge in [0.25, 0.3) is 0 Å². The van der Waals surface area contributed by atoms with Gasteiger partial charge in [-0.05, 0) is 31.6 Å².